The lowest BCUT2D eigenvalue weighted by Crippen LogP contribution is -2.50. The normalized spacial score (nSPS) is 22.4. The number of piperidine rings is 2. The molecule has 2 amide bonds. The Morgan fingerprint density at radius 2 is 1.84 bits per heavy atom. The molecular weight excluding hydrogens is 425 g/mol. The van der Waals surface area contributed by atoms with Crippen molar-refractivity contribution in [2.45, 2.75) is 38.0 Å². The van der Waals surface area contributed by atoms with E-state index in [9.17, 15) is 22.8 Å². The van der Waals surface area contributed by atoms with Gasteiger partial charge in [0.05, 0.1) is 17.1 Å². The molecule has 1 aromatic heterocycles. The summed E-state index contributed by atoms with van der Waals surface area (Å²) in [5, 5.41) is 2.63. The maximum atomic E-state index is 14.0. The first-order chi connectivity index (χ1) is 15.3. The lowest BCUT2D eigenvalue weighted by molar-refractivity contribution is -0.135. The van der Waals surface area contributed by atoms with E-state index in [1.54, 1.807) is 16.8 Å². The number of alkyl halides is 1. The number of rotatable bonds is 4. The van der Waals surface area contributed by atoms with Gasteiger partial charge in [-0.15, -0.1) is 0 Å². The number of carbonyl (C=O) groups excluding carboxylic acids is 2. The number of nitrogens with one attached hydrogen (secondary N) is 1. The summed E-state index contributed by atoms with van der Waals surface area (Å²) in [6.45, 7) is 1.24. The monoisotopic (exact) mass is 452 g/mol. The Bertz CT molecular complexity index is 1020. The van der Waals surface area contributed by atoms with Crippen molar-refractivity contribution in [1.29, 1.82) is 0 Å². The van der Waals surface area contributed by atoms with Crippen molar-refractivity contribution in [3.63, 3.8) is 0 Å². The van der Waals surface area contributed by atoms with Gasteiger partial charge in [-0.1, -0.05) is 0 Å². The molecule has 3 heterocycles. The number of benzene rings is 1. The molecule has 0 aliphatic carbocycles. The average Bonchev–Trinajstić information content (AvgIpc) is 3.12. The summed E-state index contributed by atoms with van der Waals surface area (Å²) < 4.78 is 43.2. The van der Waals surface area contributed by atoms with E-state index in [1.807, 2.05) is 0 Å². The van der Waals surface area contributed by atoms with Gasteiger partial charge in [-0.3, -0.25) is 9.59 Å². The van der Waals surface area contributed by atoms with Crippen molar-refractivity contribution in [3.8, 4) is 0 Å². The minimum atomic E-state index is -1.14. The highest BCUT2D eigenvalue weighted by Crippen LogP contribution is 2.28. The lowest BCUT2D eigenvalue weighted by Gasteiger charge is -2.34. The summed E-state index contributed by atoms with van der Waals surface area (Å²) >= 11 is 0. The Kier molecular flexibility index (Phi) is 6.27. The first-order valence-electron chi connectivity index (χ1n) is 10.8. The molecule has 0 saturated carbocycles. The molecule has 4 rings (SSSR count). The van der Waals surface area contributed by atoms with Gasteiger partial charge in [-0.2, -0.15) is 0 Å². The van der Waals surface area contributed by atoms with Gasteiger partial charge in [0.2, 0.25) is 17.8 Å². The van der Waals surface area contributed by atoms with Gasteiger partial charge in [-0.25, -0.2) is 18.2 Å². The van der Waals surface area contributed by atoms with E-state index >= 15 is 0 Å². The second kappa shape index (κ2) is 8.97. The molecule has 0 unspecified atom stereocenters. The first kappa shape index (κ1) is 22.4. The van der Waals surface area contributed by atoms with Crippen molar-refractivity contribution in [2.24, 2.45) is 11.7 Å². The highest BCUT2D eigenvalue weighted by molar-refractivity contribution is 5.84. The first-order valence-corrected chi connectivity index (χ1v) is 10.8. The number of imidazole rings is 1. The van der Waals surface area contributed by atoms with E-state index in [2.05, 4.69) is 10.3 Å². The smallest absolute Gasteiger partial charge is 0.242 e. The number of amides is 2. The molecule has 0 radical (unpaired) electrons. The Morgan fingerprint density at radius 1 is 1.16 bits per heavy atom. The summed E-state index contributed by atoms with van der Waals surface area (Å²) in [5.74, 6) is -2.12. The van der Waals surface area contributed by atoms with Gasteiger partial charge in [0, 0.05) is 51.3 Å². The summed E-state index contributed by atoms with van der Waals surface area (Å²) in [4.78, 5) is 32.7. The summed E-state index contributed by atoms with van der Waals surface area (Å²) in [6.07, 6.45) is 0.180. The van der Waals surface area contributed by atoms with E-state index in [-0.39, 0.29) is 48.3 Å². The van der Waals surface area contributed by atoms with Crippen molar-refractivity contribution in [3.05, 3.63) is 23.8 Å². The van der Waals surface area contributed by atoms with Crippen molar-refractivity contribution < 1.29 is 22.8 Å². The third kappa shape index (κ3) is 4.25. The Labute approximate surface area is 183 Å². The third-order valence-electron chi connectivity index (χ3n) is 6.38. The van der Waals surface area contributed by atoms with E-state index < -0.39 is 23.8 Å². The zero-order chi connectivity index (χ0) is 23.0. The molecule has 2 aromatic rings. The van der Waals surface area contributed by atoms with Crippen LogP contribution < -0.4 is 16.0 Å². The van der Waals surface area contributed by atoms with Crippen LogP contribution in [-0.4, -0.2) is 71.7 Å². The zero-order valence-electron chi connectivity index (χ0n) is 17.9. The molecule has 2 atom stereocenters. The van der Waals surface area contributed by atoms with E-state index in [1.165, 1.54) is 4.57 Å². The maximum absolute atomic E-state index is 14.0. The van der Waals surface area contributed by atoms with Crippen LogP contribution in [-0.2, 0) is 16.1 Å². The number of nitrogens with two attached hydrogens (primary N) is 1. The van der Waals surface area contributed by atoms with Crippen molar-refractivity contribution >= 4 is 28.8 Å². The maximum Gasteiger partial charge on any atom is 0.242 e. The van der Waals surface area contributed by atoms with Gasteiger partial charge < -0.3 is 25.4 Å². The van der Waals surface area contributed by atoms with Crippen molar-refractivity contribution in [1.82, 2.24) is 19.8 Å². The molecule has 32 heavy (non-hydrogen) atoms. The third-order valence-corrected chi connectivity index (χ3v) is 6.38. The van der Waals surface area contributed by atoms with Gasteiger partial charge in [0.1, 0.15) is 12.7 Å². The number of anilines is 1. The second-order valence-corrected chi connectivity index (χ2v) is 8.44. The van der Waals surface area contributed by atoms with Crippen LogP contribution in [0.25, 0.3) is 11.0 Å². The number of fused-ring (bicyclic) bond motifs is 1. The number of nitrogens with zero attached hydrogens (tertiary/aromatic N) is 4. The minimum Gasteiger partial charge on any atom is -0.359 e. The zero-order valence-corrected chi connectivity index (χ0v) is 17.9. The van der Waals surface area contributed by atoms with Crippen LogP contribution in [0.3, 0.4) is 0 Å². The number of likely N-dealkylation sites (tertiary alicyclic amines) is 1. The largest absolute Gasteiger partial charge is 0.359 e. The predicted octanol–water partition coefficient (Wildman–Crippen LogP) is 1.17. The van der Waals surface area contributed by atoms with Gasteiger partial charge in [0.15, 0.2) is 11.6 Å². The average molecular weight is 452 g/mol. The molecule has 2 fully saturated rings. The van der Waals surface area contributed by atoms with Gasteiger partial charge >= 0.3 is 0 Å². The fraction of sp³-hybridized carbons (Fsp3) is 0.571. The Morgan fingerprint density at radius 3 is 2.50 bits per heavy atom. The molecule has 8 nitrogen and oxygen atoms in total. The minimum absolute atomic E-state index is 0.0369. The highest BCUT2D eigenvalue weighted by atomic mass is 19.2. The van der Waals surface area contributed by atoms with Crippen LogP contribution >= 0.6 is 0 Å². The SMILES string of the molecule is CNC(=O)C1CCN(C(=O)Cn2c(N3CC[C@@H](F)[C@H](N)C3)nc3cc(F)c(F)cc32)CC1. The number of carbonyl (C=O) groups is 2. The lowest BCUT2D eigenvalue weighted by atomic mass is 9.96. The Hall–Kier alpha value is -2.82. The fourth-order valence-corrected chi connectivity index (χ4v) is 4.47. The predicted molar refractivity (Wildman–Crippen MR) is 113 cm³/mol. The highest BCUT2D eigenvalue weighted by Gasteiger charge is 2.31. The molecule has 2 aliphatic heterocycles. The van der Waals surface area contributed by atoms with Crippen LogP contribution in [0.1, 0.15) is 19.3 Å². The number of hydrogen-bond donors (Lipinski definition) is 2. The fourth-order valence-electron chi connectivity index (χ4n) is 4.47. The topological polar surface area (TPSA) is 96.5 Å². The van der Waals surface area contributed by atoms with Gasteiger partial charge in [0.25, 0.3) is 0 Å². The van der Waals surface area contributed by atoms with Crippen LogP contribution in [0, 0.1) is 17.6 Å². The van der Waals surface area contributed by atoms with Crippen molar-refractivity contribution in [2.75, 3.05) is 38.1 Å². The molecule has 3 N–H and O–H groups in total. The molecule has 2 saturated heterocycles. The Balaban J connectivity index is 1.60. The van der Waals surface area contributed by atoms with Crippen LogP contribution in [0.2, 0.25) is 0 Å². The van der Waals surface area contributed by atoms with Gasteiger partial charge in [-0.05, 0) is 19.3 Å². The molecule has 0 bridgehead atoms. The van der Waals surface area contributed by atoms with Crippen LogP contribution in [0.5, 0.6) is 0 Å². The number of aromatic nitrogens is 2. The van der Waals surface area contributed by atoms with E-state index in [0.29, 0.717) is 38.4 Å². The molecule has 174 valence electrons. The summed E-state index contributed by atoms with van der Waals surface area (Å²) in [6, 6.07) is 1.30. The molecule has 11 heteroatoms. The molecular formula is C21H27F3N6O2. The molecule has 1 aromatic carbocycles. The molecule has 0 spiro atoms. The standard InChI is InChI=1S/C21H27F3N6O2/c1-26-20(32)12-2-5-28(6-3-12)19(31)11-30-18-9-15(24)14(23)8-17(18)27-21(30)29-7-4-13(22)16(25)10-29/h8-9,12-13,16H,2-7,10-11,25H2,1H3,(H,26,32)/t13-,16-/m1/s1. The summed E-state index contributed by atoms with van der Waals surface area (Å²) in [7, 11) is 1.59. The van der Waals surface area contributed by atoms with E-state index in [0.717, 1.165) is 12.1 Å². The number of halogens is 3. The second-order valence-electron chi connectivity index (χ2n) is 8.44. The van der Waals surface area contributed by atoms with Crippen LogP contribution in [0.15, 0.2) is 12.1 Å². The van der Waals surface area contributed by atoms with Crippen LogP contribution in [0.4, 0.5) is 19.1 Å². The quantitative estimate of drug-likeness (QED) is 0.726. The molecule has 2 aliphatic rings. The number of hydrogen-bond acceptors (Lipinski definition) is 5. The van der Waals surface area contributed by atoms with E-state index in [4.69, 9.17) is 5.73 Å². The summed E-state index contributed by atoms with van der Waals surface area (Å²) in [5.41, 5.74) is 6.37.